The van der Waals surface area contributed by atoms with Crippen molar-refractivity contribution in [3.8, 4) is 11.1 Å². The molecule has 7 nitrogen and oxygen atoms in total. The summed E-state index contributed by atoms with van der Waals surface area (Å²) in [4.78, 5) is 13.0. The highest BCUT2D eigenvalue weighted by atomic mass is 32.2. The molecule has 4 aromatic rings. The molecule has 0 spiro atoms. The second-order valence-corrected chi connectivity index (χ2v) is 12.6. The molecule has 2 aromatic heterocycles. The zero-order valence-electron chi connectivity index (χ0n) is 22.4. The number of aryl methyl sites for hydroxylation is 1. The van der Waals surface area contributed by atoms with Crippen LogP contribution in [0.15, 0.2) is 72.1 Å². The van der Waals surface area contributed by atoms with Crippen molar-refractivity contribution in [2.75, 3.05) is 4.72 Å². The third-order valence-electron chi connectivity index (χ3n) is 5.99. The van der Waals surface area contributed by atoms with Gasteiger partial charge in [0.2, 0.25) is 5.95 Å². The minimum Gasteiger partial charge on any atom is -0.330 e. The predicted octanol–water partition coefficient (Wildman–Crippen LogP) is 5.99. The van der Waals surface area contributed by atoms with Gasteiger partial charge in [-0.05, 0) is 53.6 Å². The Morgan fingerprint density at radius 1 is 0.946 bits per heavy atom. The first-order valence-electron chi connectivity index (χ1n) is 12.5. The lowest BCUT2D eigenvalue weighted by molar-refractivity contribution is 0.511. The fourth-order valence-electron chi connectivity index (χ4n) is 4.32. The first kappa shape index (κ1) is 26.5. The maximum Gasteiger partial charge on any atom is 0.264 e. The van der Waals surface area contributed by atoms with Crippen LogP contribution in [0.5, 0.6) is 0 Å². The maximum absolute atomic E-state index is 13.4. The quantitative estimate of drug-likeness (QED) is 0.310. The Kier molecular flexibility index (Phi) is 7.50. The molecule has 0 aliphatic rings. The number of nitrogens with one attached hydrogen (secondary N) is 1. The van der Waals surface area contributed by atoms with Crippen LogP contribution in [-0.4, -0.2) is 27.9 Å². The zero-order chi connectivity index (χ0) is 26.8. The van der Waals surface area contributed by atoms with E-state index in [2.05, 4.69) is 58.9 Å². The van der Waals surface area contributed by atoms with Crippen LogP contribution in [0.2, 0.25) is 0 Å². The molecule has 0 aliphatic heterocycles. The highest BCUT2D eigenvalue weighted by molar-refractivity contribution is 7.92. The lowest BCUT2D eigenvalue weighted by Crippen LogP contribution is -2.19. The van der Waals surface area contributed by atoms with E-state index in [1.165, 1.54) is 0 Å². The van der Waals surface area contributed by atoms with Crippen LogP contribution in [0.3, 0.4) is 0 Å². The van der Waals surface area contributed by atoms with Crippen LogP contribution in [0.1, 0.15) is 57.1 Å². The van der Waals surface area contributed by atoms with E-state index in [0.717, 1.165) is 34.5 Å². The van der Waals surface area contributed by atoms with E-state index in [0.29, 0.717) is 18.0 Å². The van der Waals surface area contributed by atoms with Gasteiger partial charge in [0.25, 0.3) is 10.0 Å². The Morgan fingerprint density at radius 2 is 1.59 bits per heavy atom. The van der Waals surface area contributed by atoms with Crippen molar-refractivity contribution < 1.29 is 8.42 Å². The molecule has 0 amide bonds. The minimum absolute atomic E-state index is 0.0492. The highest BCUT2D eigenvalue weighted by Gasteiger charge is 2.22. The molecule has 0 aliphatic carbocycles. The van der Waals surface area contributed by atoms with Crippen LogP contribution in [0, 0.1) is 12.8 Å². The van der Waals surface area contributed by atoms with Crippen LogP contribution >= 0.6 is 0 Å². The van der Waals surface area contributed by atoms with E-state index in [4.69, 9.17) is 0 Å². The molecule has 0 fully saturated rings. The summed E-state index contributed by atoms with van der Waals surface area (Å²) in [6, 6.07) is 13.6. The van der Waals surface area contributed by atoms with E-state index in [1.54, 1.807) is 18.5 Å². The molecule has 0 saturated heterocycles. The number of sulfonamides is 1. The Balaban J connectivity index is 1.69. The largest absolute Gasteiger partial charge is 0.330 e. The molecule has 8 heteroatoms. The van der Waals surface area contributed by atoms with Crippen LogP contribution in [-0.2, 0) is 28.4 Å². The molecule has 0 saturated carbocycles. The SMILES string of the molecule is Cc1cnc(NS(=O)(=O)c2ccc(CC(C)C)cc2-c2ccc(Cn3ccnc3C(C)(C)C)cc2)nc1. The molecule has 1 N–H and O–H groups in total. The molecule has 2 heterocycles. The van der Waals surface area contributed by atoms with Gasteiger partial charge in [-0.1, -0.05) is 65.0 Å². The van der Waals surface area contributed by atoms with E-state index < -0.39 is 10.0 Å². The number of hydrogen-bond acceptors (Lipinski definition) is 5. The molecule has 0 bridgehead atoms. The van der Waals surface area contributed by atoms with Crippen molar-refractivity contribution >= 4 is 16.0 Å². The second-order valence-electron chi connectivity index (χ2n) is 10.9. The van der Waals surface area contributed by atoms with Crippen LogP contribution in [0.4, 0.5) is 5.95 Å². The molecule has 37 heavy (non-hydrogen) atoms. The van der Waals surface area contributed by atoms with Gasteiger partial charge in [-0.2, -0.15) is 0 Å². The van der Waals surface area contributed by atoms with E-state index >= 15 is 0 Å². The molecule has 0 radical (unpaired) electrons. The third kappa shape index (κ3) is 6.43. The number of hydrogen-bond donors (Lipinski definition) is 1. The second kappa shape index (κ2) is 10.5. The van der Waals surface area contributed by atoms with Gasteiger partial charge in [0.15, 0.2) is 0 Å². The minimum atomic E-state index is -3.91. The average molecular weight is 518 g/mol. The fraction of sp³-hybridized carbons (Fsp3) is 0.345. The van der Waals surface area contributed by atoms with E-state index in [1.807, 2.05) is 55.7 Å². The fourth-order valence-corrected chi connectivity index (χ4v) is 5.49. The summed E-state index contributed by atoms with van der Waals surface area (Å²) in [6.45, 7) is 13.3. The highest BCUT2D eigenvalue weighted by Crippen LogP contribution is 2.31. The molecule has 0 atom stereocenters. The molecule has 194 valence electrons. The average Bonchev–Trinajstić information content (AvgIpc) is 3.29. The summed E-state index contributed by atoms with van der Waals surface area (Å²) in [5.74, 6) is 1.52. The molecular weight excluding hydrogens is 482 g/mol. The van der Waals surface area contributed by atoms with Gasteiger partial charge in [-0.15, -0.1) is 0 Å². The summed E-state index contributed by atoms with van der Waals surface area (Å²) >= 11 is 0. The Hall–Kier alpha value is -3.52. The summed E-state index contributed by atoms with van der Waals surface area (Å²) in [7, 11) is -3.91. The van der Waals surface area contributed by atoms with Gasteiger partial charge in [-0.25, -0.2) is 28.1 Å². The van der Waals surface area contributed by atoms with Crippen molar-refractivity contribution in [1.29, 1.82) is 0 Å². The van der Waals surface area contributed by atoms with E-state index in [9.17, 15) is 8.42 Å². The number of benzene rings is 2. The Bertz CT molecular complexity index is 1470. The van der Waals surface area contributed by atoms with Gasteiger partial charge in [0, 0.05) is 42.3 Å². The number of rotatable bonds is 8. The molecular formula is C29H35N5O2S. The van der Waals surface area contributed by atoms with Crippen LogP contribution < -0.4 is 4.72 Å². The first-order valence-corrected chi connectivity index (χ1v) is 14.0. The van der Waals surface area contributed by atoms with Gasteiger partial charge >= 0.3 is 0 Å². The number of nitrogens with zero attached hydrogens (tertiary/aromatic N) is 4. The Labute approximate surface area is 220 Å². The number of imidazole rings is 1. The lowest BCUT2D eigenvalue weighted by Gasteiger charge is -2.20. The lowest BCUT2D eigenvalue weighted by atomic mass is 9.95. The zero-order valence-corrected chi connectivity index (χ0v) is 23.2. The number of aromatic nitrogens is 4. The molecule has 2 aromatic carbocycles. The smallest absolute Gasteiger partial charge is 0.264 e. The monoisotopic (exact) mass is 517 g/mol. The third-order valence-corrected chi connectivity index (χ3v) is 7.37. The first-order chi connectivity index (χ1) is 17.4. The van der Waals surface area contributed by atoms with Gasteiger partial charge in [0.1, 0.15) is 5.82 Å². The normalized spacial score (nSPS) is 12.2. The van der Waals surface area contributed by atoms with Gasteiger partial charge in [-0.3, -0.25) is 0 Å². The molecule has 0 unspecified atom stereocenters. The van der Waals surface area contributed by atoms with Gasteiger partial charge < -0.3 is 4.57 Å². The topological polar surface area (TPSA) is 89.8 Å². The van der Waals surface area contributed by atoms with Crippen molar-refractivity contribution in [2.24, 2.45) is 5.92 Å². The van der Waals surface area contributed by atoms with E-state index in [-0.39, 0.29) is 16.3 Å². The maximum atomic E-state index is 13.4. The van der Waals surface area contributed by atoms with Crippen molar-refractivity contribution in [3.05, 3.63) is 89.8 Å². The predicted molar refractivity (Wildman–Crippen MR) is 148 cm³/mol. The molecule has 4 rings (SSSR count). The summed E-state index contributed by atoms with van der Waals surface area (Å²) in [5.41, 5.74) is 4.49. The van der Waals surface area contributed by atoms with Gasteiger partial charge in [0.05, 0.1) is 4.90 Å². The standard InChI is InChI=1S/C29H35N5O2S/c1-20(2)15-23-9-12-26(37(35,36)33-28-31-17-21(3)18-32-28)25(16-23)24-10-7-22(8-11-24)19-34-14-13-30-27(34)29(4,5)6/h7-14,16-18,20H,15,19H2,1-6H3,(H,31,32,33). The Morgan fingerprint density at radius 3 is 2.22 bits per heavy atom. The summed E-state index contributed by atoms with van der Waals surface area (Å²) < 4.78 is 31.5. The van der Waals surface area contributed by atoms with Crippen molar-refractivity contribution in [2.45, 2.75) is 64.8 Å². The van der Waals surface area contributed by atoms with Crippen molar-refractivity contribution in [3.63, 3.8) is 0 Å². The van der Waals surface area contributed by atoms with Crippen molar-refractivity contribution in [1.82, 2.24) is 19.5 Å². The number of anilines is 1. The van der Waals surface area contributed by atoms with Crippen LogP contribution in [0.25, 0.3) is 11.1 Å². The summed E-state index contributed by atoms with van der Waals surface area (Å²) in [6.07, 6.45) is 7.85. The summed E-state index contributed by atoms with van der Waals surface area (Å²) in [5, 5.41) is 0.